The Kier molecular flexibility index (Phi) is 15.1. The second kappa shape index (κ2) is 16.1. The molecule has 30 heteroatoms. The minimum absolute atomic E-state index is 0.109. The van der Waals surface area contributed by atoms with Crippen LogP contribution in [0.2, 0.25) is 0 Å². The fourth-order valence-corrected chi connectivity index (χ4v) is 3.13. The van der Waals surface area contributed by atoms with E-state index in [1.807, 2.05) is 0 Å². The molecule has 0 spiro atoms. The van der Waals surface area contributed by atoms with E-state index in [9.17, 15) is 115 Å². The van der Waals surface area contributed by atoms with Gasteiger partial charge in [-0.25, -0.2) is 27.2 Å². The number of alkyl halides is 24. The van der Waals surface area contributed by atoms with E-state index < -0.39 is 111 Å². The van der Waals surface area contributed by atoms with Crippen LogP contribution < -0.4 is 10.6 Å². The smallest absolute Gasteiger partial charge is 0.407 e. The third-order valence-corrected chi connectivity index (χ3v) is 6.29. The normalized spacial score (nSPS) is 14.9. The summed E-state index contributed by atoms with van der Waals surface area (Å²) in [6, 6.07) is 0. The van der Waals surface area contributed by atoms with Gasteiger partial charge in [-0.1, -0.05) is 12.8 Å². The molecular formula is C22H20F24N2O4. The Balaban J connectivity index is 4.80. The van der Waals surface area contributed by atoms with E-state index in [0.29, 0.717) is 0 Å². The lowest BCUT2D eigenvalue weighted by atomic mass is 9.94. The van der Waals surface area contributed by atoms with Gasteiger partial charge in [-0.3, -0.25) is 0 Å². The summed E-state index contributed by atoms with van der Waals surface area (Å²) in [4.78, 5) is 22.6. The molecule has 0 rings (SSSR count). The molecule has 310 valence electrons. The number of nitrogens with one attached hydrogen (secondary N) is 2. The molecule has 0 aliphatic carbocycles. The molecule has 2 N–H and O–H groups in total. The van der Waals surface area contributed by atoms with Gasteiger partial charge in [0.2, 0.25) is 0 Å². The third-order valence-electron chi connectivity index (χ3n) is 6.29. The van der Waals surface area contributed by atoms with Gasteiger partial charge in [0.25, 0.3) is 0 Å². The lowest BCUT2D eigenvalue weighted by Gasteiger charge is -2.38. The summed E-state index contributed by atoms with van der Waals surface area (Å²) in [6.07, 6.45) is -16.5. The van der Waals surface area contributed by atoms with Crippen LogP contribution in [-0.4, -0.2) is 111 Å². The van der Waals surface area contributed by atoms with E-state index in [1.165, 1.54) is 10.6 Å². The molecule has 0 aliphatic rings. The summed E-state index contributed by atoms with van der Waals surface area (Å²) in [6.45, 7) is -7.71. The Bertz CT molecular complexity index is 1100. The minimum Gasteiger partial charge on any atom is -0.443 e. The van der Waals surface area contributed by atoms with Gasteiger partial charge in [0, 0.05) is 13.1 Å². The van der Waals surface area contributed by atoms with Crippen LogP contribution in [-0.2, 0) is 9.47 Å². The Morgan fingerprint density at radius 3 is 0.885 bits per heavy atom. The van der Waals surface area contributed by atoms with Gasteiger partial charge in [-0.2, -0.15) is 87.8 Å². The average Bonchev–Trinajstić information content (AvgIpc) is 2.99. The maximum absolute atomic E-state index is 13.6. The van der Waals surface area contributed by atoms with Crippen LogP contribution in [0.5, 0.6) is 0 Å². The highest BCUT2D eigenvalue weighted by Gasteiger charge is 2.89. The number of ether oxygens (including phenoxy) is 2. The van der Waals surface area contributed by atoms with E-state index >= 15 is 0 Å². The van der Waals surface area contributed by atoms with E-state index in [-0.39, 0.29) is 25.7 Å². The standard InChI is InChI=1S/C22H20F24N2O4/c23-9(24)15(31,32)19(39,40)21(43,44)17(35,36)13(27,28)7-51-11(49)47-5-3-1-2-4-6-48-12(50)52-8-14(29,30)18(37,38)22(45,46)20(41,42)16(33,34)10(25)26/h9-10H,1-8H2,(H,47,49)(H,48,50). The number of unbranched alkanes of at least 4 members (excludes halogenated alkanes) is 3. The fourth-order valence-electron chi connectivity index (χ4n) is 3.13. The summed E-state index contributed by atoms with van der Waals surface area (Å²) in [7, 11) is 0. The van der Waals surface area contributed by atoms with Crippen molar-refractivity contribution in [3.63, 3.8) is 0 Å². The molecule has 6 nitrogen and oxygen atoms in total. The number of hydrogen-bond acceptors (Lipinski definition) is 4. The zero-order chi connectivity index (χ0) is 41.8. The minimum atomic E-state index is -7.85. The van der Waals surface area contributed by atoms with E-state index in [2.05, 4.69) is 9.47 Å². The number of amides is 2. The Labute approximate surface area is 272 Å². The molecule has 52 heavy (non-hydrogen) atoms. The number of carbonyl (C=O) groups excluding carboxylic acids is 2. The zero-order valence-electron chi connectivity index (χ0n) is 24.5. The monoisotopic (exact) mass is 832 g/mol. The number of hydrogen-bond donors (Lipinski definition) is 2. The van der Waals surface area contributed by atoms with Crippen LogP contribution in [0, 0.1) is 0 Å². The van der Waals surface area contributed by atoms with Crippen molar-refractivity contribution >= 4 is 12.2 Å². The Morgan fingerprint density at radius 2 is 0.654 bits per heavy atom. The number of alkyl carbamates (subject to hydrolysis) is 2. The van der Waals surface area contributed by atoms with Crippen molar-refractivity contribution < 1.29 is 124 Å². The van der Waals surface area contributed by atoms with Gasteiger partial charge in [-0.05, 0) is 12.8 Å². The molecule has 0 unspecified atom stereocenters. The topological polar surface area (TPSA) is 76.7 Å². The van der Waals surface area contributed by atoms with Crippen molar-refractivity contribution in [3.8, 4) is 0 Å². The first-order valence-corrected chi connectivity index (χ1v) is 13.0. The lowest BCUT2D eigenvalue weighted by Crippen LogP contribution is -2.69. The molecule has 0 aromatic carbocycles. The summed E-state index contributed by atoms with van der Waals surface area (Å²) in [5.74, 6) is -73.9. The van der Waals surface area contributed by atoms with Crippen molar-refractivity contribution in [2.45, 2.75) is 97.8 Å². The molecule has 0 heterocycles. The molecule has 0 bridgehead atoms. The van der Waals surface area contributed by atoms with E-state index in [0.717, 1.165) is 0 Å². The second-order valence-electron chi connectivity index (χ2n) is 10.1. The Morgan fingerprint density at radius 1 is 0.404 bits per heavy atom. The molecule has 2 amide bonds. The van der Waals surface area contributed by atoms with Crippen LogP contribution in [0.25, 0.3) is 0 Å². The van der Waals surface area contributed by atoms with Gasteiger partial charge >= 0.3 is 84.3 Å². The highest BCUT2D eigenvalue weighted by Crippen LogP contribution is 2.59. The molecule has 0 fully saturated rings. The van der Waals surface area contributed by atoms with Gasteiger partial charge in [0.1, 0.15) is 0 Å². The molecule has 0 saturated heterocycles. The van der Waals surface area contributed by atoms with Crippen LogP contribution in [0.3, 0.4) is 0 Å². The molecule has 0 saturated carbocycles. The van der Waals surface area contributed by atoms with Gasteiger partial charge < -0.3 is 20.1 Å². The van der Waals surface area contributed by atoms with Crippen molar-refractivity contribution in [2.24, 2.45) is 0 Å². The number of rotatable bonds is 21. The fraction of sp³-hybridized carbons (Fsp3) is 0.909. The summed E-state index contributed by atoms with van der Waals surface area (Å²) >= 11 is 0. The Hall–Kier alpha value is -3.14. The number of carbonyl (C=O) groups is 2. The maximum Gasteiger partial charge on any atom is 0.407 e. The SMILES string of the molecule is O=C(NCCCCCCNC(=O)OCC(F)(F)C(F)(F)C(F)(F)C(F)(F)C(F)(F)C(F)F)OCC(F)(F)C(F)(F)C(F)(F)C(F)(F)C(F)(F)C(F)F. The van der Waals surface area contributed by atoms with Crippen molar-refractivity contribution in [1.29, 1.82) is 0 Å². The van der Waals surface area contributed by atoms with Gasteiger partial charge in [0.05, 0.1) is 0 Å². The summed E-state index contributed by atoms with van der Waals surface area (Å²) in [5, 5.41) is 3.01. The maximum atomic E-state index is 13.6. The van der Waals surface area contributed by atoms with Crippen LogP contribution >= 0.6 is 0 Å². The first-order valence-electron chi connectivity index (χ1n) is 13.0. The number of halogens is 24. The second-order valence-corrected chi connectivity index (χ2v) is 10.1. The first-order chi connectivity index (χ1) is 22.9. The van der Waals surface area contributed by atoms with Crippen molar-refractivity contribution in [1.82, 2.24) is 10.6 Å². The van der Waals surface area contributed by atoms with Crippen LogP contribution in [0.4, 0.5) is 115 Å². The predicted octanol–water partition coefficient (Wildman–Crippen LogP) is 8.88. The predicted molar refractivity (Wildman–Crippen MR) is 119 cm³/mol. The molecule has 0 radical (unpaired) electrons. The highest BCUT2D eigenvalue weighted by molar-refractivity contribution is 5.67. The quantitative estimate of drug-likeness (QED) is 0.0896. The van der Waals surface area contributed by atoms with Crippen LogP contribution in [0.1, 0.15) is 25.7 Å². The largest absolute Gasteiger partial charge is 0.443 e. The van der Waals surface area contributed by atoms with Crippen molar-refractivity contribution in [3.05, 3.63) is 0 Å². The molecular weight excluding hydrogens is 812 g/mol. The van der Waals surface area contributed by atoms with Crippen LogP contribution in [0.15, 0.2) is 0 Å². The van der Waals surface area contributed by atoms with Gasteiger partial charge in [-0.15, -0.1) is 0 Å². The molecule has 0 atom stereocenters. The highest BCUT2D eigenvalue weighted by atomic mass is 19.4. The summed E-state index contributed by atoms with van der Waals surface area (Å²) < 4.78 is 321. The van der Waals surface area contributed by atoms with E-state index in [4.69, 9.17) is 0 Å². The molecule has 0 aromatic heterocycles. The summed E-state index contributed by atoms with van der Waals surface area (Å²) in [5.41, 5.74) is 0. The third kappa shape index (κ3) is 9.14. The zero-order valence-corrected chi connectivity index (χ0v) is 24.5. The average molecular weight is 832 g/mol. The molecule has 0 aromatic rings. The first kappa shape index (κ1) is 48.9. The molecule has 0 aliphatic heterocycles. The lowest BCUT2D eigenvalue weighted by molar-refractivity contribution is -0.414. The van der Waals surface area contributed by atoms with Gasteiger partial charge in [0.15, 0.2) is 13.2 Å². The van der Waals surface area contributed by atoms with E-state index in [1.54, 1.807) is 0 Å². The van der Waals surface area contributed by atoms with Crippen molar-refractivity contribution in [2.75, 3.05) is 26.3 Å².